The summed E-state index contributed by atoms with van der Waals surface area (Å²) >= 11 is 0. The third-order valence-corrected chi connectivity index (χ3v) is 4.30. The Morgan fingerprint density at radius 2 is 1.89 bits per heavy atom. The molecule has 5 rings (SSSR count). The van der Waals surface area contributed by atoms with E-state index in [0.29, 0.717) is 29.6 Å². The molecule has 0 bridgehead atoms. The van der Waals surface area contributed by atoms with Gasteiger partial charge in [0, 0.05) is 12.2 Å². The maximum absolute atomic E-state index is 13.1. The summed E-state index contributed by atoms with van der Waals surface area (Å²) in [5.74, 6) is 2.16. The highest BCUT2D eigenvalue weighted by molar-refractivity contribution is 5.89. The van der Waals surface area contributed by atoms with Crippen LogP contribution in [0.3, 0.4) is 0 Å². The van der Waals surface area contributed by atoms with E-state index in [2.05, 4.69) is 30.8 Å². The van der Waals surface area contributed by atoms with Crippen LogP contribution >= 0.6 is 0 Å². The minimum atomic E-state index is -0.298. The normalized spacial score (nSPS) is 12.3. The molecule has 0 aliphatic carbocycles. The molecule has 9 heteroatoms. The summed E-state index contributed by atoms with van der Waals surface area (Å²) < 4.78 is 23.9. The average molecular weight is 378 g/mol. The van der Waals surface area contributed by atoms with Gasteiger partial charge in [-0.15, -0.1) is 0 Å². The number of aromatic nitrogens is 4. The van der Waals surface area contributed by atoms with Crippen LogP contribution < -0.4 is 20.1 Å². The summed E-state index contributed by atoms with van der Waals surface area (Å²) in [6, 6.07) is 11.8. The number of ether oxygens (including phenoxy) is 2. The molecule has 28 heavy (non-hydrogen) atoms. The van der Waals surface area contributed by atoms with Crippen molar-refractivity contribution in [3.8, 4) is 11.5 Å². The monoisotopic (exact) mass is 378 g/mol. The van der Waals surface area contributed by atoms with E-state index in [1.54, 1.807) is 18.3 Å². The SMILES string of the molecule is Fc1ccc(Nc2nc(NCc3ccc4c(c3)OCO4)nc3[nH]ncc23)cc1. The van der Waals surface area contributed by atoms with E-state index < -0.39 is 0 Å². The molecule has 0 unspecified atom stereocenters. The van der Waals surface area contributed by atoms with Crippen LogP contribution in [0.1, 0.15) is 5.56 Å². The van der Waals surface area contributed by atoms with Gasteiger partial charge < -0.3 is 20.1 Å². The molecule has 2 aromatic carbocycles. The molecule has 8 nitrogen and oxygen atoms in total. The molecule has 0 radical (unpaired) electrons. The van der Waals surface area contributed by atoms with E-state index in [9.17, 15) is 4.39 Å². The summed E-state index contributed by atoms with van der Waals surface area (Å²) in [5, 5.41) is 14.0. The van der Waals surface area contributed by atoms with Gasteiger partial charge >= 0.3 is 0 Å². The van der Waals surface area contributed by atoms with Crippen LogP contribution in [0.2, 0.25) is 0 Å². The number of nitrogens with zero attached hydrogens (tertiary/aromatic N) is 3. The Kier molecular flexibility index (Phi) is 3.90. The van der Waals surface area contributed by atoms with Crippen LogP contribution in [0, 0.1) is 5.82 Å². The van der Waals surface area contributed by atoms with Gasteiger partial charge in [-0.1, -0.05) is 6.07 Å². The van der Waals surface area contributed by atoms with Crippen molar-refractivity contribution >= 4 is 28.5 Å². The van der Waals surface area contributed by atoms with Crippen LogP contribution in [0.5, 0.6) is 11.5 Å². The maximum atomic E-state index is 13.1. The fourth-order valence-corrected chi connectivity index (χ4v) is 2.91. The molecule has 0 saturated heterocycles. The molecule has 0 atom stereocenters. The molecule has 1 aliphatic rings. The number of anilines is 3. The molecule has 0 fully saturated rings. The summed E-state index contributed by atoms with van der Waals surface area (Å²) in [4.78, 5) is 8.98. The highest BCUT2D eigenvalue weighted by Gasteiger charge is 2.14. The Hall–Kier alpha value is -3.88. The first-order chi connectivity index (χ1) is 13.7. The zero-order valence-corrected chi connectivity index (χ0v) is 14.6. The van der Waals surface area contributed by atoms with Gasteiger partial charge in [-0.3, -0.25) is 5.10 Å². The summed E-state index contributed by atoms with van der Waals surface area (Å²) in [6.45, 7) is 0.747. The van der Waals surface area contributed by atoms with Crippen molar-refractivity contribution in [2.45, 2.75) is 6.54 Å². The molecule has 0 spiro atoms. The molecule has 3 heterocycles. The van der Waals surface area contributed by atoms with Gasteiger partial charge in [0.05, 0.1) is 11.6 Å². The molecule has 4 aromatic rings. The molecular formula is C19H15FN6O2. The van der Waals surface area contributed by atoms with E-state index in [0.717, 1.165) is 22.4 Å². The number of H-pyrrole nitrogens is 1. The highest BCUT2D eigenvalue weighted by atomic mass is 19.1. The van der Waals surface area contributed by atoms with Crippen LogP contribution in [-0.4, -0.2) is 27.0 Å². The number of aromatic amines is 1. The molecule has 0 amide bonds. The zero-order valence-electron chi connectivity index (χ0n) is 14.6. The van der Waals surface area contributed by atoms with Crippen molar-refractivity contribution in [2.75, 3.05) is 17.4 Å². The first-order valence-electron chi connectivity index (χ1n) is 8.61. The molecular weight excluding hydrogens is 363 g/mol. The number of hydrogen-bond acceptors (Lipinski definition) is 7. The smallest absolute Gasteiger partial charge is 0.231 e. The lowest BCUT2D eigenvalue weighted by atomic mass is 10.2. The second-order valence-electron chi connectivity index (χ2n) is 6.20. The van der Waals surface area contributed by atoms with E-state index in [1.807, 2.05) is 18.2 Å². The van der Waals surface area contributed by atoms with Gasteiger partial charge in [0.1, 0.15) is 11.6 Å². The number of hydrogen-bond donors (Lipinski definition) is 3. The summed E-state index contributed by atoms with van der Waals surface area (Å²) in [6.07, 6.45) is 1.64. The van der Waals surface area contributed by atoms with Gasteiger partial charge in [0.25, 0.3) is 0 Å². The number of rotatable bonds is 5. The molecule has 1 aliphatic heterocycles. The van der Waals surface area contributed by atoms with Crippen molar-refractivity contribution in [1.82, 2.24) is 20.2 Å². The Morgan fingerprint density at radius 1 is 1.04 bits per heavy atom. The van der Waals surface area contributed by atoms with Gasteiger partial charge in [0.2, 0.25) is 12.7 Å². The topological polar surface area (TPSA) is 97.0 Å². The number of fused-ring (bicyclic) bond motifs is 2. The van der Waals surface area contributed by atoms with Crippen LogP contribution in [0.25, 0.3) is 11.0 Å². The van der Waals surface area contributed by atoms with Crippen LogP contribution in [-0.2, 0) is 6.54 Å². The van der Waals surface area contributed by atoms with Crippen LogP contribution in [0.15, 0.2) is 48.7 Å². The minimum Gasteiger partial charge on any atom is -0.454 e. The van der Waals surface area contributed by atoms with Crippen molar-refractivity contribution in [2.24, 2.45) is 0 Å². The fourth-order valence-electron chi connectivity index (χ4n) is 2.91. The Morgan fingerprint density at radius 3 is 2.79 bits per heavy atom. The first-order valence-corrected chi connectivity index (χ1v) is 8.61. The van der Waals surface area contributed by atoms with E-state index in [1.165, 1.54) is 12.1 Å². The zero-order chi connectivity index (χ0) is 18.9. The lowest BCUT2D eigenvalue weighted by Gasteiger charge is -2.10. The van der Waals surface area contributed by atoms with Gasteiger partial charge in [-0.25, -0.2) is 4.39 Å². The lowest BCUT2D eigenvalue weighted by Crippen LogP contribution is -2.06. The minimum absolute atomic E-state index is 0.240. The predicted molar refractivity (Wildman–Crippen MR) is 101 cm³/mol. The highest BCUT2D eigenvalue weighted by Crippen LogP contribution is 2.32. The summed E-state index contributed by atoms with van der Waals surface area (Å²) in [7, 11) is 0. The Labute approximate surface area is 158 Å². The van der Waals surface area contributed by atoms with Crippen molar-refractivity contribution in [1.29, 1.82) is 0 Å². The summed E-state index contributed by atoms with van der Waals surface area (Å²) in [5.41, 5.74) is 2.31. The van der Waals surface area contributed by atoms with E-state index in [4.69, 9.17) is 9.47 Å². The van der Waals surface area contributed by atoms with Gasteiger partial charge in [0.15, 0.2) is 17.1 Å². The standard InChI is InChI=1S/C19H15FN6O2/c20-12-2-4-13(5-3-12)23-17-14-9-22-26-18(14)25-19(24-17)21-8-11-1-6-15-16(7-11)28-10-27-15/h1-7,9H,8,10H2,(H3,21,22,23,24,25,26). The maximum Gasteiger partial charge on any atom is 0.231 e. The largest absolute Gasteiger partial charge is 0.454 e. The molecule has 2 aromatic heterocycles. The van der Waals surface area contributed by atoms with Crippen molar-refractivity contribution < 1.29 is 13.9 Å². The molecule has 0 saturated carbocycles. The third kappa shape index (κ3) is 3.13. The van der Waals surface area contributed by atoms with E-state index in [-0.39, 0.29) is 12.6 Å². The first kappa shape index (κ1) is 16.3. The van der Waals surface area contributed by atoms with Crippen molar-refractivity contribution in [3.05, 3.63) is 60.0 Å². The van der Waals surface area contributed by atoms with Gasteiger partial charge in [-0.2, -0.15) is 15.1 Å². The second-order valence-corrected chi connectivity index (χ2v) is 6.20. The second kappa shape index (κ2) is 6.69. The lowest BCUT2D eigenvalue weighted by molar-refractivity contribution is 0.174. The van der Waals surface area contributed by atoms with Crippen LogP contribution in [0.4, 0.5) is 21.8 Å². The number of nitrogens with one attached hydrogen (secondary N) is 3. The average Bonchev–Trinajstić information content (AvgIpc) is 3.37. The molecule has 140 valence electrons. The quantitative estimate of drug-likeness (QED) is 0.488. The predicted octanol–water partition coefficient (Wildman–Crippen LogP) is 3.58. The van der Waals surface area contributed by atoms with E-state index >= 15 is 0 Å². The third-order valence-electron chi connectivity index (χ3n) is 4.30. The molecule has 3 N–H and O–H groups in total. The number of halogens is 1. The fraction of sp³-hybridized carbons (Fsp3) is 0.105. The Balaban J connectivity index is 1.39. The van der Waals surface area contributed by atoms with Crippen molar-refractivity contribution in [3.63, 3.8) is 0 Å². The number of benzene rings is 2. The van der Waals surface area contributed by atoms with Gasteiger partial charge in [-0.05, 0) is 42.0 Å². The Bertz CT molecular complexity index is 1150.